The maximum atomic E-state index is 9.85. The van der Waals surface area contributed by atoms with E-state index in [1.807, 2.05) is 6.92 Å². The van der Waals surface area contributed by atoms with Crippen molar-refractivity contribution in [1.82, 2.24) is 0 Å². The molecule has 0 aromatic heterocycles. The largest absolute Gasteiger partial charge is 0.299 e. The molecule has 9 heavy (non-hydrogen) atoms. The zero-order valence-corrected chi connectivity index (χ0v) is 5.55. The summed E-state index contributed by atoms with van der Waals surface area (Å²) in [5, 5.41) is 0. The Morgan fingerprint density at radius 3 is 2.89 bits per heavy atom. The minimum absolute atomic E-state index is 0.718. The molecule has 0 radical (unpaired) electrons. The zero-order chi connectivity index (χ0) is 7.11. The van der Waals surface area contributed by atoms with E-state index in [9.17, 15) is 4.79 Å². The number of carbonyl (C=O) groups excluding carboxylic acids is 1. The molecule has 1 nitrogen and oxygen atoms in total. The SMILES string of the molecule is C#CCC/C(C)=C/C=O. The first-order chi connectivity index (χ1) is 4.31. The highest BCUT2D eigenvalue weighted by molar-refractivity contribution is 5.65. The standard InChI is InChI=1S/C8H10O/c1-3-4-5-8(2)6-7-9/h1,6-7H,4-5H2,2H3/b8-6+. The lowest BCUT2D eigenvalue weighted by Gasteiger charge is -1.90. The van der Waals surface area contributed by atoms with Gasteiger partial charge in [0.25, 0.3) is 0 Å². The third-order valence-electron chi connectivity index (χ3n) is 1.02. The summed E-state index contributed by atoms with van der Waals surface area (Å²) in [5.74, 6) is 2.50. The van der Waals surface area contributed by atoms with Gasteiger partial charge in [0.1, 0.15) is 6.29 Å². The summed E-state index contributed by atoms with van der Waals surface area (Å²) in [5.41, 5.74) is 1.04. The number of allylic oxidation sites excluding steroid dienone is 2. The third-order valence-corrected chi connectivity index (χ3v) is 1.02. The Hall–Kier alpha value is -1.03. The number of hydrogen-bond donors (Lipinski definition) is 0. The molecular formula is C8H10O. The summed E-state index contributed by atoms with van der Waals surface area (Å²) in [6.07, 6.45) is 8.88. The molecule has 0 spiro atoms. The summed E-state index contributed by atoms with van der Waals surface area (Å²) in [7, 11) is 0. The summed E-state index contributed by atoms with van der Waals surface area (Å²) in [6, 6.07) is 0. The second-order valence-electron chi connectivity index (χ2n) is 1.85. The van der Waals surface area contributed by atoms with Crippen molar-refractivity contribution >= 4 is 6.29 Å². The van der Waals surface area contributed by atoms with E-state index in [-0.39, 0.29) is 0 Å². The molecule has 0 N–H and O–H groups in total. The highest BCUT2D eigenvalue weighted by atomic mass is 16.1. The van der Waals surface area contributed by atoms with Gasteiger partial charge in [0.2, 0.25) is 0 Å². The van der Waals surface area contributed by atoms with Crippen LogP contribution in [0.3, 0.4) is 0 Å². The van der Waals surface area contributed by atoms with Gasteiger partial charge in [-0.1, -0.05) is 5.57 Å². The van der Waals surface area contributed by atoms with Gasteiger partial charge in [-0.05, 0) is 19.4 Å². The van der Waals surface area contributed by atoms with Crippen molar-refractivity contribution in [2.75, 3.05) is 0 Å². The first-order valence-electron chi connectivity index (χ1n) is 2.85. The minimum Gasteiger partial charge on any atom is -0.299 e. The van der Waals surface area contributed by atoms with E-state index in [1.54, 1.807) is 0 Å². The average molecular weight is 122 g/mol. The lowest BCUT2D eigenvalue weighted by molar-refractivity contribution is -0.104. The summed E-state index contributed by atoms with van der Waals surface area (Å²) >= 11 is 0. The fourth-order valence-corrected chi connectivity index (χ4v) is 0.469. The van der Waals surface area contributed by atoms with Crippen molar-refractivity contribution in [3.05, 3.63) is 11.6 Å². The molecule has 0 amide bonds. The van der Waals surface area contributed by atoms with E-state index < -0.39 is 0 Å². The van der Waals surface area contributed by atoms with Crippen LogP contribution in [0.25, 0.3) is 0 Å². The van der Waals surface area contributed by atoms with Crippen LogP contribution in [0.5, 0.6) is 0 Å². The van der Waals surface area contributed by atoms with Crippen LogP contribution in [0, 0.1) is 12.3 Å². The van der Waals surface area contributed by atoms with Gasteiger partial charge in [-0.2, -0.15) is 0 Å². The molecule has 0 fully saturated rings. The van der Waals surface area contributed by atoms with Crippen LogP contribution in [-0.2, 0) is 4.79 Å². The Morgan fingerprint density at radius 2 is 2.44 bits per heavy atom. The quantitative estimate of drug-likeness (QED) is 0.315. The molecule has 0 aromatic rings. The summed E-state index contributed by atoms with van der Waals surface area (Å²) in [4.78, 5) is 9.85. The average Bonchev–Trinajstić information content (AvgIpc) is 1.85. The second-order valence-corrected chi connectivity index (χ2v) is 1.85. The number of rotatable bonds is 3. The Labute approximate surface area is 55.8 Å². The highest BCUT2D eigenvalue weighted by Gasteiger charge is 1.84. The van der Waals surface area contributed by atoms with Crippen molar-refractivity contribution in [3.8, 4) is 12.3 Å². The Balaban J connectivity index is 3.51. The van der Waals surface area contributed by atoms with E-state index in [2.05, 4.69) is 5.92 Å². The van der Waals surface area contributed by atoms with Crippen LogP contribution in [0.1, 0.15) is 19.8 Å². The van der Waals surface area contributed by atoms with E-state index >= 15 is 0 Å². The van der Waals surface area contributed by atoms with Crippen molar-refractivity contribution < 1.29 is 4.79 Å². The Kier molecular flexibility index (Phi) is 4.53. The zero-order valence-electron chi connectivity index (χ0n) is 5.55. The first-order valence-corrected chi connectivity index (χ1v) is 2.85. The summed E-state index contributed by atoms with van der Waals surface area (Å²) in [6.45, 7) is 1.89. The van der Waals surface area contributed by atoms with Gasteiger partial charge in [-0.25, -0.2) is 0 Å². The van der Waals surface area contributed by atoms with Crippen LogP contribution < -0.4 is 0 Å². The van der Waals surface area contributed by atoms with Gasteiger partial charge in [0.05, 0.1) is 0 Å². The van der Waals surface area contributed by atoms with Crippen molar-refractivity contribution in [3.63, 3.8) is 0 Å². The maximum absolute atomic E-state index is 9.85. The molecule has 0 bridgehead atoms. The topological polar surface area (TPSA) is 17.1 Å². The van der Waals surface area contributed by atoms with Crippen LogP contribution in [-0.4, -0.2) is 6.29 Å². The number of hydrogen-bond acceptors (Lipinski definition) is 1. The Morgan fingerprint density at radius 1 is 1.78 bits per heavy atom. The first kappa shape index (κ1) is 7.97. The van der Waals surface area contributed by atoms with Crippen molar-refractivity contribution in [2.45, 2.75) is 19.8 Å². The fourth-order valence-electron chi connectivity index (χ4n) is 0.469. The molecule has 0 rings (SSSR count). The number of terminal acetylenes is 1. The normalized spacial score (nSPS) is 10.4. The molecule has 0 saturated heterocycles. The van der Waals surface area contributed by atoms with Gasteiger partial charge in [0.15, 0.2) is 0 Å². The van der Waals surface area contributed by atoms with Gasteiger partial charge in [-0.3, -0.25) is 4.79 Å². The smallest absolute Gasteiger partial charge is 0.142 e. The maximum Gasteiger partial charge on any atom is 0.142 e. The van der Waals surface area contributed by atoms with Crippen LogP contribution in [0.4, 0.5) is 0 Å². The molecule has 0 aliphatic rings. The van der Waals surface area contributed by atoms with E-state index in [4.69, 9.17) is 6.42 Å². The predicted molar refractivity (Wildman–Crippen MR) is 37.9 cm³/mol. The van der Waals surface area contributed by atoms with E-state index in [0.29, 0.717) is 0 Å². The fraction of sp³-hybridized carbons (Fsp3) is 0.375. The predicted octanol–water partition coefficient (Wildman–Crippen LogP) is 1.54. The molecule has 0 aliphatic carbocycles. The lowest BCUT2D eigenvalue weighted by Crippen LogP contribution is -1.75. The molecule has 0 saturated carbocycles. The van der Waals surface area contributed by atoms with Crippen LogP contribution in [0.15, 0.2) is 11.6 Å². The highest BCUT2D eigenvalue weighted by Crippen LogP contribution is 2.00. The molecule has 0 atom stereocenters. The van der Waals surface area contributed by atoms with Gasteiger partial charge < -0.3 is 0 Å². The monoisotopic (exact) mass is 122 g/mol. The molecule has 1 heteroatoms. The molecule has 48 valence electrons. The molecule has 0 heterocycles. The molecule has 0 aliphatic heterocycles. The van der Waals surface area contributed by atoms with Crippen LogP contribution >= 0.6 is 0 Å². The third kappa shape index (κ3) is 4.83. The second kappa shape index (κ2) is 5.11. The van der Waals surface area contributed by atoms with Crippen molar-refractivity contribution in [2.24, 2.45) is 0 Å². The Bertz CT molecular complexity index is 148. The lowest BCUT2D eigenvalue weighted by atomic mass is 10.2. The van der Waals surface area contributed by atoms with Gasteiger partial charge >= 0.3 is 0 Å². The molecular weight excluding hydrogens is 112 g/mol. The number of carbonyl (C=O) groups is 1. The van der Waals surface area contributed by atoms with E-state index in [0.717, 1.165) is 24.7 Å². The van der Waals surface area contributed by atoms with Crippen LogP contribution in [0.2, 0.25) is 0 Å². The molecule has 0 aromatic carbocycles. The number of aldehydes is 1. The van der Waals surface area contributed by atoms with Gasteiger partial charge in [-0.15, -0.1) is 12.3 Å². The minimum atomic E-state index is 0.718. The van der Waals surface area contributed by atoms with E-state index in [1.165, 1.54) is 6.08 Å². The molecule has 0 unspecified atom stereocenters. The summed E-state index contributed by atoms with van der Waals surface area (Å²) < 4.78 is 0. The van der Waals surface area contributed by atoms with Gasteiger partial charge in [0, 0.05) is 6.42 Å². The van der Waals surface area contributed by atoms with Crippen molar-refractivity contribution in [1.29, 1.82) is 0 Å².